The summed E-state index contributed by atoms with van der Waals surface area (Å²) >= 11 is 5.98. The Morgan fingerprint density at radius 2 is 2.00 bits per heavy atom. The lowest BCUT2D eigenvalue weighted by Gasteiger charge is -2.24. The van der Waals surface area contributed by atoms with Gasteiger partial charge in [-0.2, -0.15) is 0 Å². The summed E-state index contributed by atoms with van der Waals surface area (Å²) in [7, 11) is 1.53. The highest BCUT2D eigenvalue weighted by molar-refractivity contribution is 6.30. The Hall–Kier alpha value is -0.970. The lowest BCUT2D eigenvalue weighted by molar-refractivity contribution is 0.0292. The summed E-state index contributed by atoms with van der Waals surface area (Å²) in [5.74, 6) is 0.961. The van der Waals surface area contributed by atoms with Crippen LogP contribution in [0.3, 0.4) is 0 Å². The van der Waals surface area contributed by atoms with Gasteiger partial charge >= 0.3 is 0 Å². The van der Waals surface area contributed by atoms with Gasteiger partial charge in [-0.1, -0.05) is 24.4 Å². The van der Waals surface area contributed by atoms with Crippen molar-refractivity contribution in [1.82, 2.24) is 0 Å². The first kappa shape index (κ1) is 15.4. The molecule has 0 aromatic heterocycles. The van der Waals surface area contributed by atoms with Gasteiger partial charge in [0.25, 0.3) is 0 Å². The normalized spacial score (nSPS) is 23.2. The number of hydrogen-bond donors (Lipinski definition) is 2. The molecule has 0 spiro atoms. The van der Waals surface area contributed by atoms with E-state index in [1.165, 1.54) is 7.11 Å². The SMILES string of the molecule is COc1cc(Cl)cc(CO)c1OC1CCCCCC1O. The molecule has 2 atom stereocenters. The highest BCUT2D eigenvalue weighted by atomic mass is 35.5. The number of hydrogen-bond acceptors (Lipinski definition) is 4. The van der Waals surface area contributed by atoms with E-state index >= 15 is 0 Å². The lowest BCUT2D eigenvalue weighted by Crippen LogP contribution is -2.31. The van der Waals surface area contributed by atoms with Crippen LogP contribution >= 0.6 is 11.6 Å². The minimum Gasteiger partial charge on any atom is -0.493 e. The van der Waals surface area contributed by atoms with E-state index in [1.54, 1.807) is 12.1 Å². The molecule has 1 aliphatic rings. The van der Waals surface area contributed by atoms with Gasteiger partial charge in [0.2, 0.25) is 0 Å². The van der Waals surface area contributed by atoms with Crippen LogP contribution in [0.4, 0.5) is 0 Å². The minimum absolute atomic E-state index is 0.185. The maximum absolute atomic E-state index is 10.1. The molecule has 1 aliphatic carbocycles. The number of aliphatic hydroxyl groups excluding tert-OH is 2. The van der Waals surface area contributed by atoms with Crippen LogP contribution in [-0.2, 0) is 6.61 Å². The van der Waals surface area contributed by atoms with E-state index < -0.39 is 6.10 Å². The van der Waals surface area contributed by atoms with Crippen molar-refractivity contribution < 1.29 is 19.7 Å². The van der Waals surface area contributed by atoms with Crippen molar-refractivity contribution in [3.8, 4) is 11.5 Å². The standard InChI is InChI=1S/C15H21ClO4/c1-19-14-8-11(16)7-10(9-17)15(14)20-13-6-4-2-3-5-12(13)18/h7-8,12-13,17-18H,2-6,9H2,1H3. The highest BCUT2D eigenvalue weighted by Crippen LogP contribution is 2.37. The zero-order valence-corrected chi connectivity index (χ0v) is 12.4. The van der Waals surface area contributed by atoms with E-state index in [4.69, 9.17) is 21.1 Å². The molecule has 1 saturated carbocycles. The Kier molecular flexibility index (Phi) is 5.52. The molecule has 1 aromatic carbocycles. The molecule has 0 radical (unpaired) electrons. The van der Waals surface area contributed by atoms with Gasteiger partial charge in [-0.3, -0.25) is 0 Å². The van der Waals surface area contributed by atoms with Crippen LogP contribution in [-0.4, -0.2) is 29.5 Å². The molecule has 20 heavy (non-hydrogen) atoms. The van der Waals surface area contributed by atoms with Gasteiger partial charge in [0.05, 0.1) is 19.8 Å². The molecule has 0 heterocycles. The van der Waals surface area contributed by atoms with Crippen LogP contribution in [0.2, 0.25) is 5.02 Å². The van der Waals surface area contributed by atoms with E-state index in [2.05, 4.69) is 0 Å². The number of methoxy groups -OCH3 is 1. The average Bonchev–Trinajstić information content (AvgIpc) is 2.65. The van der Waals surface area contributed by atoms with Crippen LogP contribution < -0.4 is 9.47 Å². The lowest BCUT2D eigenvalue weighted by atomic mass is 10.1. The Bertz CT molecular complexity index is 424. The van der Waals surface area contributed by atoms with Gasteiger partial charge in [0.15, 0.2) is 11.5 Å². The van der Waals surface area contributed by atoms with Gasteiger partial charge in [-0.25, -0.2) is 0 Å². The Labute approximate surface area is 124 Å². The van der Waals surface area contributed by atoms with Crippen LogP contribution in [0, 0.1) is 0 Å². The second kappa shape index (κ2) is 7.16. The third-order valence-electron chi connectivity index (χ3n) is 3.67. The van der Waals surface area contributed by atoms with Crippen LogP contribution in [0.1, 0.15) is 37.7 Å². The average molecular weight is 301 g/mol. The largest absolute Gasteiger partial charge is 0.493 e. The smallest absolute Gasteiger partial charge is 0.167 e. The predicted octanol–water partition coefficient (Wildman–Crippen LogP) is 2.91. The second-order valence-electron chi connectivity index (χ2n) is 5.12. The molecule has 4 nitrogen and oxygen atoms in total. The molecule has 1 fully saturated rings. The topological polar surface area (TPSA) is 58.9 Å². The molecule has 1 aromatic rings. The fraction of sp³-hybridized carbons (Fsp3) is 0.600. The Balaban J connectivity index is 2.26. The maximum Gasteiger partial charge on any atom is 0.167 e. The molecule has 0 aliphatic heterocycles. The molecular weight excluding hydrogens is 280 g/mol. The van der Waals surface area contributed by atoms with E-state index in [9.17, 15) is 10.2 Å². The molecule has 2 unspecified atom stereocenters. The van der Waals surface area contributed by atoms with Gasteiger partial charge in [-0.15, -0.1) is 0 Å². The third-order valence-corrected chi connectivity index (χ3v) is 3.89. The molecule has 0 saturated heterocycles. The number of ether oxygens (including phenoxy) is 2. The fourth-order valence-corrected chi connectivity index (χ4v) is 2.80. The first-order valence-corrected chi connectivity index (χ1v) is 7.35. The van der Waals surface area contributed by atoms with Crippen molar-refractivity contribution in [2.45, 2.75) is 50.9 Å². The third kappa shape index (κ3) is 3.57. The second-order valence-corrected chi connectivity index (χ2v) is 5.55. The molecule has 2 N–H and O–H groups in total. The van der Waals surface area contributed by atoms with E-state index in [1.807, 2.05) is 0 Å². The molecule has 112 valence electrons. The first-order chi connectivity index (χ1) is 9.65. The summed E-state index contributed by atoms with van der Waals surface area (Å²) in [5.41, 5.74) is 0.575. The number of benzene rings is 1. The van der Waals surface area contributed by atoms with Crippen molar-refractivity contribution >= 4 is 11.6 Å². The number of halogens is 1. The summed E-state index contributed by atoms with van der Waals surface area (Å²) < 4.78 is 11.2. The van der Waals surface area contributed by atoms with E-state index in [0.717, 1.165) is 32.1 Å². The summed E-state index contributed by atoms with van der Waals surface area (Å²) in [6.07, 6.45) is 3.97. The molecule has 0 bridgehead atoms. The van der Waals surface area contributed by atoms with Crippen LogP contribution in [0.5, 0.6) is 11.5 Å². The summed E-state index contributed by atoms with van der Waals surface area (Å²) in [5, 5.41) is 20.1. The summed E-state index contributed by atoms with van der Waals surface area (Å²) in [6.45, 7) is -0.185. The van der Waals surface area contributed by atoms with Gasteiger partial charge in [0, 0.05) is 16.7 Å². The van der Waals surface area contributed by atoms with Crippen molar-refractivity contribution in [1.29, 1.82) is 0 Å². The van der Waals surface area contributed by atoms with E-state index in [0.29, 0.717) is 22.1 Å². The molecule has 5 heteroatoms. The highest BCUT2D eigenvalue weighted by Gasteiger charge is 2.25. The fourth-order valence-electron chi connectivity index (χ4n) is 2.57. The molecular formula is C15H21ClO4. The summed E-state index contributed by atoms with van der Waals surface area (Å²) in [4.78, 5) is 0. The zero-order chi connectivity index (χ0) is 14.5. The number of aliphatic hydroxyl groups is 2. The molecule has 2 rings (SSSR count). The van der Waals surface area contributed by atoms with Gasteiger partial charge < -0.3 is 19.7 Å². The van der Waals surface area contributed by atoms with E-state index in [-0.39, 0.29) is 12.7 Å². The Morgan fingerprint density at radius 3 is 2.70 bits per heavy atom. The maximum atomic E-state index is 10.1. The quantitative estimate of drug-likeness (QED) is 0.840. The van der Waals surface area contributed by atoms with Crippen LogP contribution in [0.15, 0.2) is 12.1 Å². The Morgan fingerprint density at radius 1 is 1.25 bits per heavy atom. The molecule has 0 amide bonds. The minimum atomic E-state index is -0.482. The van der Waals surface area contributed by atoms with Gasteiger partial charge in [0.1, 0.15) is 6.10 Å². The first-order valence-electron chi connectivity index (χ1n) is 6.97. The van der Waals surface area contributed by atoms with Gasteiger partial charge in [-0.05, 0) is 25.3 Å². The predicted molar refractivity (Wildman–Crippen MR) is 77.4 cm³/mol. The zero-order valence-electron chi connectivity index (χ0n) is 11.6. The van der Waals surface area contributed by atoms with Crippen molar-refractivity contribution in [2.24, 2.45) is 0 Å². The van der Waals surface area contributed by atoms with Crippen LogP contribution in [0.25, 0.3) is 0 Å². The monoisotopic (exact) mass is 300 g/mol. The van der Waals surface area contributed by atoms with Crippen molar-refractivity contribution in [3.05, 3.63) is 22.7 Å². The number of rotatable bonds is 4. The summed E-state index contributed by atoms with van der Waals surface area (Å²) in [6, 6.07) is 3.31. The van der Waals surface area contributed by atoms with Crippen molar-refractivity contribution in [2.75, 3.05) is 7.11 Å². The van der Waals surface area contributed by atoms with Crippen molar-refractivity contribution in [3.63, 3.8) is 0 Å².